The lowest BCUT2D eigenvalue weighted by Crippen LogP contribution is -1.82. The monoisotopic (exact) mass is 208 g/mol. The van der Waals surface area contributed by atoms with E-state index in [1.54, 1.807) is 0 Å². The highest BCUT2D eigenvalue weighted by atomic mass is 14.0. The lowest BCUT2D eigenvalue weighted by molar-refractivity contribution is 1.63. The van der Waals surface area contributed by atoms with Crippen molar-refractivity contribution in [3.63, 3.8) is 0 Å². The molecule has 0 unspecified atom stereocenters. The van der Waals surface area contributed by atoms with Crippen molar-refractivity contribution in [3.05, 3.63) is 59.7 Å². The van der Waals surface area contributed by atoms with Crippen molar-refractivity contribution in [1.29, 1.82) is 0 Å². The van der Waals surface area contributed by atoms with Crippen molar-refractivity contribution in [2.75, 3.05) is 0 Å². The fourth-order valence-corrected chi connectivity index (χ4v) is 1.92. The van der Waals surface area contributed by atoms with E-state index in [1.165, 1.54) is 21.9 Å². The van der Waals surface area contributed by atoms with Crippen molar-refractivity contribution in [2.45, 2.75) is 13.8 Å². The van der Waals surface area contributed by atoms with Crippen LogP contribution < -0.4 is 0 Å². The molecule has 0 N–H and O–H groups in total. The minimum absolute atomic E-state index is 1.28. The highest BCUT2D eigenvalue weighted by molar-refractivity contribution is 5.88. The van der Waals surface area contributed by atoms with Gasteiger partial charge in [-0.15, -0.1) is 0 Å². The topological polar surface area (TPSA) is 0 Å². The number of rotatable bonds is 2. The summed E-state index contributed by atoms with van der Waals surface area (Å²) in [6, 6.07) is 13.0. The van der Waals surface area contributed by atoms with E-state index in [0.29, 0.717) is 0 Å². The van der Waals surface area contributed by atoms with E-state index in [-0.39, 0.29) is 0 Å². The third-order valence-corrected chi connectivity index (χ3v) is 2.64. The van der Waals surface area contributed by atoms with Crippen LogP contribution in [0.25, 0.3) is 22.9 Å². The summed E-state index contributed by atoms with van der Waals surface area (Å²) in [4.78, 5) is 0. The first-order valence-electron chi connectivity index (χ1n) is 5.63. The molecule has 16 heavy (non-hydrogen) atoms. The van der Waals surface area contributed by atoms with Gasteiger partial charge in [0.05, 0.1) is 0 Å². The van der Waals surface area contributed by atoms with Gasteiger partial charge >= 0.3 is 0 Å². The van der Waals surface area contributed by atoms with E-state index in [4.69, 9.17) is 0 Å². The molecule has 0 radical (unpaired) electrons. The van der Waals surface area contributed by atoms with Crippen LogP contribution in [0.4, 0.5) is 0 Å². The number of hydrogen-bond acceptors (Lipinski definition) is 0. The number of allylic oxidation sites excluding steroid dienone is 2. The van der Waals surface area contributed by atoms with Crippen molar-refractivity contribution < 1.29 is 0 Å². The zero-order valence-corrected chi connectivity index (χ0v) is 9.77. The minimum atomic E-state index is 1.28. The molecule has 0 nitrogen and oxygen atoms in total. The largest absolute Gasteiger partial charge is 0.0870 e. The van der Waals surface area contributed by atoms with Crippen LogP contribution in [-0.4, -0.2) is 0 Å². The fraction of sp³-hybridized carbons (Fsp3) is 0.125. The Bertz CT molecular complexity index is 494. The molecule has 2 aromatic carbocycles. The van der Waals surface area contributed by atoms with Crippen molar-refractivity contribution in [1.82, 2.24) is 0 Å². The molecule has 0 bridgehead atoms. The van der Waals surface area contributed by atoms with Crippen LogP contribution in [-0.2, 0) is 0 Å². The maximum absolute atomic E-state index is 2.24. The summed E-state index contributed by atoms with van der Waals surface area (Å²) >= 11 is 0. The standard InChI is InChI=1S/C16H16/c1-3-7-13-11-15-9-5-6-10-16(15)12-14(13)8-4-2/h3-12H,1-2H3/b7-3-,8-4-. The van der Waals surface area contributed by atoms with Gasteiger partial charge in [0.15, 0.2) is 0 Å². The molecule has 0 saturated carbocycles. The van der Waals surface area contributed by atoms with Crippen molar-refractivity contribution in [2.24, 2.45) is 0 Å². The second-order valence-corrected chi connectivity index (χ2v) is 3.83. The third kappa shape index (κ3) is 2.06. The van der Waals surface area contributed by atoms with Crippen LogP contribution in [0.3, 0.4) is 0 Å². The number of fused-ring (bicyclic) bond motifs is 1. The molecule has 0 aliphatic heterocycles. The molecule has 0 heteroatoms. The minimum Gasteiger partial charge on any atom is -0.0870 e. The van der Waals surface area contributed by atoms with Gasteiger partial charge in [0.1, 0.15) is 0 Å². The first kappa shape index (κ1) is 10.7. The highest BCUT2D eigenvalue weighted by Gasteiger charge is 1.99. The summed E-state index contributed by atoms with van der Waals surface area (Å²) < 4.78 is 0. The van der Waals surface area contributed by atoms with E-state index in [2.05, 4.69) is 74.5 Å². The summed E-state index contributed by atoms with van der Waals surface area (Å²) in [5.41, 5.74) is 2.55. The normalized spacial score (nSPS) is 11.9. The Labute approximate surface area is 96.9 Å². The molecular formula is C16H16. The Morgan fingerprint density at radius 2 is 1.19 bits per heavy atom. The molecule has 0 heterocycles. The summed E-state index contributed by atoms with van der Waals surface area (Å²) in [7, 11) is 0. The first-order valence-corrected chi connectivity index (χ1v) is 5.63. The smallest absolute Gasteiger partial charge is 0.0178 e. The highest BCUT2D eigenvalue weighted by Crippen LogP contribution is 2.22. The van der Waals surface area contributed by atoms with Crippen LogP contribution >= 0.6 is 0 Å². The van der Waals surface area contributed by atoms with Crippen LogP contribution in [0.5, 0.6) is 0 Å². The predicted molar refractivity (Wildman–Crippen MR) is 73.4 cm³/mol. The van der Waals surface area contributed by atoms with Crippen LogP contribution in [0, 0.1) is 0 Å². The molecule has 0 saturated heterocycles. The Hall–Kier alpha value is -1.82. The summed E-state index contributed by atoms with van der Waals surface area (Å²) in [5.74, 6) is 0. The average Bonchev–Trinajstić information content (AvgIpc) is 2.30. The van der Waals surface area contributed by atoms with Gasteiger partial charge in [-0.25, -0.2) is 0 Å². The molecule has 0 aliphatic rings. The van der Waals surface area contributed by atoms with E-state index >= 15 is 0 Å². The summed E-state index contributed by atoms with van der Waals surface area (Å²) in [6.07, 6.45) is 8.47. The molecule has 0 amide bonds. The molecular weight excluding hydrogens is 192 g/mol. The molecule has 0 spiro atoms. The van der Waals surface area contributed by atoms with E-state index in [1.807, 2.05) is 0 Å². The summed E-state index contributed by atoms with van der Waals surface area (Å²) in [5, 5.41) is 2.59. The van der Waals surface area contributed by atoms with E-state index < -0.39 is 0 Å². The maximum Gasteiger partial charge on any atom is -0.0178 e. The Morgan fingerprint density at radius 3 is 1.56 bits per heavy atom. The molecule has 2 aromatic rings. The van der Waals surface area contributed by atoms with Gasteiger partial charge in [-0.3, -0.25) is 0 Å². The molecule has 0 aliphatic carbocycles. The van der Waals surface area contributed by atoms with Crippen molar-refractivity contribution in [3.8, 4) is 0 Å². The van der Waals surface area contributed by atoms with Gasteiger partial charge in [-0.2, -0.15) is 0 Å². The predicted octanol–water partition coefficient (Wildman–Crippen LogP) is 4.91. The Balaban J connectivity index is 2.70. The van der Waals surface area contributed by atoms with Gasteiger partial charge in [-0.05, 0) is 47.9 Å². The number of hydrogen-bond donors (Lipinski definition) is 0. The van der Waals surface area contributed by atoms with Gasteiger partial charge in [0, 0.05) is 0 Å². The van der Waals surface area contributed by atoms with E-state index in [9.17, 15) is 0 Å². The number of benzene rings is 2. The molecule has 0 fully saturated rings. The Morgan fingerprint density at radius 1 is 0.750 bits per heavy atom. The third-order valence-electron chi connectivity index (χ3n) is 2.64. The lowest BCUT2D eigenvalue weighted by Gasteiger charge is -2.05. The fourth-order valence-electron chi connectivity index (χ4n) is 1.92. The Kier molecular flexibility index (Phi) is 3.21. The molecule has 0 atom stereocenters. The van der Waals surface area contributed by atoms with Crippen LogP contribution in [0.15, 0.2) is 48.6 Å². The second-order valence-electron chi connectivity index (χ2n) is 3.83. The van der Waals surface area contributed by atoms with E-state index in [0.717, 1.165) is 0 Å². The van der Waals surface area contributed by atoms with Gasteiger partial charge in [0.25, 0.3) is 0 Å². The first-order chi connectivity index (χ1) is 7.85. The average molecular weight is 208 g/mol. The van der Waals surface area contributed by atoms with Crippen LogP contribution in [0.1, 0.15) is 25.0 Å². The van der Waals surface area contributed by atoms with Gasteiger partial charge < -0.3 is 0 Å². The quantitative estimate of drug-likeness (QED) is 0.658. The summed E-state index contributed by atoms with van der Waals surface area (Å²) in [6.45, 7) is 4.10. The maximum atomic E-state index is 2.24. The van der Waals surface area contributed by atoms with Crippen molar-refractivity contribution >= 4 is 22.9 Å². The van der Waals surface area contributed by atoms with Gasteiger partial charge in [0.2, 0.25) is 0 Å². The zero-order chi connectivity index (χ0) is 11.4. The second kappa shape index (κ2) is 4.80. The zero-order valence-electron chi connectivity index (χ0n) is 9.77. The van der Waals surface area contributed by atoms with Gasteiger partial charge in [-0.1, -0.05) is 48.6 Å². The molecule has 2 rings (SSSR count). The molecule has 0 aromatic heterocycles. The SMILES string of the molecule is C/C=C\c1cc2ccccc2cc1/C=C\C. The lowest BCUT2D eigenvalue weighted by atomic mass is 10.0. The van der Waals surface area contributed by atoms with Crippen LogP contribution in [0.2, 0.25) is 0 Å². The molecule has 80 valence electrons.